The number of nitrogens with one attached hydrogen (secondary N) is 2. The lowest BCUT2D eigenvalue weighted by Crippen LogP contribution is -2.23. The molecule has 1 aliphatic rings. The maximum atomic E-state index is 12.8. The van der Waals surface area contributed by atoms with Gasteiger partial charge in [0, 0.05) is 22.6 Å². The zero-order valence-corrected chi connectivity index (χ0v) is 15.2. The monoisotopic (exact) mass is 337 g/mol. The minimum absolute atomic E-state index is 0.0112. The molecule has 0 bridgehead atoms. The topological polar surface area (TPSA) is 79.0 Å². The van der Waals surface area contributed by atoms with Crippen LogP contribution in [-0.2, 0) is 4.79 Å². The van der Waals surface area contributed by atoms with Crippen LogP contribution in [0.1, 0.15) is 50.7 Å². The van der Waals surface area contributed by atoms with Crippen molar-refractivity contribution in [2.45, 2.75) is 39.5 Å². The number of anilines is 2. The van der Waals surface area contributed by atoms with Gasteiger partial charge in [0.05, 0.1) is 5.92 Å². The quantitative estimate of drug-likeness (QED) is 0.540. The predicted octanol–water partition coefficient (Wildman–Crippen LogP) is 4.82. The van der Waals surface area contributed by atoms with Crippen LogP contribution in [0.5, 0.6) is 0 Å². The number of benzene rings is 2. The van der Waals surface area contributed by atoms with Crippen LogP contribution in [0.3, 0.4) is 0 Å². The third-order valence-electron chi connectivity index (χ3n) is 4.26. The van der Waals surface area contributed by atoms with Gasteiger partial charge in [-0.15, -0.1) is 0 Å². The highest BCUT2D eigenvalue weighted by molar-refractivity contribution is 6.03. The molecule has 0 aliphatic heterocycles. The molecule has 0 radical (unpaired) electrons. The Kier molecular flexibility index (Phi) is 6.34. The van der Waals surface area contributed by atoms with Crippen LogP contribution in [-0.4, -0.2) is 11.6 Å². The molecule has 0 saturated heterocycles. The average Bonchev–Trinajstić information content (AvgIpc) is 3.44. The lowest BCUT2D eigenvalue weighted by Gasteiger charge is -2.17. The molecular formula is C21H27N3O. The van der Waals surface area contributed by atoms with Crippen LogP contribution in [0.25, 0.3) is 0 Å². The van der Waals surface area contributed by atoms with Gasteiger partial charge >= 0.3 is 0 Å². The highest BCUT2D eigenvalue weighted by Crippen LogP contribution is 2.43. The summed E-state index contributed by atoms with van der Waals surface area (Å²) in [5.74, 6) is 0.325. The van der Waals surface area contributed by atoms with Crippen molar-refractivity contribution in [2.75, 3.05) is 11.1 Å². The zero-order chi connectivity index (χ0) is 18.4. The second-order valence-corrected chi connectivity index (χ2v) is 6.14. The summed E-state index contributed by atoms with van der Waals surface area (Å²) in [6.45, 7) is 5.69. The molecule has 0 heterocycles. The smallest absolute Gasteiger partial charge is 0.232 e. The van der Waals surface area contributed by atoms with Crippen LogP contribution in [0.2, 0.25) is 0 Å². The Hall–Kier alpha value is -2.62. The lowest BCUT2D eigenvalue weighted by atomic mass is 9.93. The molecule has 2 aromatic rings. The van der Waals surface area contributed by atoms with Crippen molar-refractivity contribution >= 4 is 23.0 Å². The van der Waals surface area contributed by atoms with E-state index in [4.69, 9.17) is 11.1 Å². The second kappa shape index (κ2) is 8.47. The number of hydrogen-bond acceptors (Lipinski definition) is 3. The Morgan fingerprint density at radius 2 is 1.80 bits per heavy atom. The van der Waals surface area contributed by atoms with Crippen LogP contribution in [0, 0.1) is 11.3 Å². The van der Waals surface area contributed by atoms with Gasteiger partial charge in [0.1, 0.15) is 0 Å². The van der Waals surface area contributed by atoms with Crippen molar-refractivity contribution in [1.82, 2.24) is 0 Å². The molecule has 1 amide bonds. The number of carbonyl (C=O) groups excluding carboxylic acids is 1. The van der Waals surface area contributed by atoms with E-state index in [-0.39, 0.29) is 11.8 Å². The van der Waals surface area contributed by atoms with Gasteiger partial charge in [-0.3, -0.25) is 4.79 Å². The van der Waals surface area contributed by atoms with Crippen molar-refractivity contribution in [1.29, 1.82) is 5.41 Å². The Balaban J connectivity index is 0.00000109. The van der Waals surface area contributed by atoms with Gasteiger partial charge in [-0.1, -0.05) is 44.2 Å². The molecule has 3 rings (SSSR count). The number of rotatable bonds is 5. The molecule has 4 N–H and O–H groups in total. The first kappa shape index (κ1) is 18.7. The number of nitrogen functional groups attached to an aromatic ring is 1. The predicted molar refractivity (Wildman–Crippen MR) is 105 cm³/mol. The summed E-state index contributed by atoms with van der Waals surface area (Å²) in [6.07, 6.45) is 2.19. The van der Waals surface area contributed by atoms with E-state index in [0.717, 1.165) is 18.4 Å². The SMILES string of the molecule is CC.CC(=N)c1cc(NC(=O)C(c2ccccc2)C2CC2)ccc1N. The normalized spacial score (nSPS) is 14.0. The first-order valence-corrected chi connectivity index (χ1v) is 8.87. The number of nitrogens with two attached hydrogens (primary N) is 1. The van der Waals surface area contributed by atoms with E-state index >= 15 is 0 Å². The number of hydrogen-bond donors (Lipinski definition) is 3. The first-order valence-electron chi connectivity index (χ1n) is 8.87. The molecule has 2 aromatic carbocycles. The van der Waals surface area contributed by atoms with Gasteiger partial charge in [0.2, 0.25) is 5.91 Å². The van der Waals surface area contributed by atoms with Gasteiger partial charge in [0.25, 0.3) is 0 Å². The Morgan fingerprint density at radius 3 is 2.36 bits per heavy atom. The fourth-order valence-electron chi connectivity index (χ4n) is 2.91. The average molecular weight is 337 g/mol. The van der Waals surface area contributed by atoms with Crippen LogP contribution >= 0.6 is 0 Å². The molecule has 1 fully saturated rings. The largest absolute Gasteiger partial charge is 0.398 e. The van der Waals surface area contributed by atoms with Crippen molar-refractivity contribution in [3.05, 3.63) is 59.7 Å². The Morgan fingerprint density at radius 1 is 1.16 bits per heavy atom. The van der Waals surface area contributed by atoms with Gasteiger partial charge < -0.3 is 16.5 Å². The first-order chi connectivity index (χ1) is 12.1. The summed E-state index contributed by atoms with van der Waals surface area (Å²) >= 11 is 0. The van der Waals surface area contributed by atoms with Crippen molar-refractivity contribution < 1.29 is 4.79 Å². The van der Waals surface area contributed by atoms with E-state index in [1.165, 1.54) is 0 Å². The van der Waals surface area contributed by atoms with E-state index in [9.17, 15) is 4.79 Å². The van der Waals surface area contributed by atoms with Crippen molar-refractivity contribution in [3.8, 4) is 0 Å². The van der Waals surface area contributed by atoms with Gasteiger partial charge in [-0.2, -0.15) is 0 Å². The molecule has 4 nitrogen and oxygen atoms in total. The molecule has 1 aliphatic carbocycles. The summed E-state index contributed by atoms with van der Waals surface area (Å²) < 4.78 is 0. The van der Waals surface area contributed by atoms with Crippen molar-refractivity contribution in [2.24, 2.45) is 5.92 Å². The molecule has 1 saturated carbocycles. The minimum Gasteiger partial charge on any atom is -0.398 e. The summed E-state index contributed by atoms with van der Waals surface area (Å²) in [4.78, 5) is 12.8. The number of carbonyl (C=O) groups is 1. The molecule has 0 aromatic heterocycles. The third kappa shape index (κ3) is 4.69. The standard InChI is InChI=1S/C19H21N3O.C2H6/c1-12(20)16-11-15(9-10-17(16)21)22-19(23)18(14-7-8-14)13-5-3-2-4-6-13;1-2/h2-6,9-11,14,18,20H,7-8,21H2,1H3,(H,22,23);1-2H3. The molecular weight excluding hydrogens is 310 g/mol. The second-order valence-electron chi connectivity index (χ2n) is 6.14. The fraction of sp³-hybridized carbons (Fsp3) is 0.333. The van der Waals surface area contributed by atoms with E-state index in [2.05, 4.69) is 5.32 Å². The Labute approximate surface area is 150 Å². The molecule has 25 heavy (non-hydrogen) atoms. The molecule has 1 atom stereocenters. The molecule has 4 heteroatoms. The van der Waals surface area contributed by atoms with Gasteiger partial charge in [-0.05, 0) is 49.4 Å². The molecule has 0 spiro atoms. The van der Waals surface area contributed by atoms with E-state index in [0.29, 0.717) is 28.6 Å². The molecule has 1 unspecified atom stereocenters. The van der Waals surface area contributed by atoms with Crippen LogP contribution in [0.4, 0.5) is 11.4 Å². The highest BCUT2D eigenvalue weighted by Gasteiger charge is 2.37. The summed E-state index contributed by atoms with van der Waals surface area (Å²) in [6, 6.07) is 15.2. The summed E-state index contributed by atoms with van der Waals surface area (Å²) in [7, 11) is 0. The Bertz CT molecular complexity index is 736. The maximum absolute atomic E-state index is 12.8. The van der Waals surface area contributed by atoms with Crippen LogP contribution in [0.15, 0.2) is 48.5 Å². The van der Waals surface area contributed by atoms with Crippen LogP contribution < -0.4 is 11.1 Å². The lowest BCUT2D eigenvalue weighted by molar-refractivity contribution is -0.118. The van der Waals surface area contributed by atoms with Crippen molar-refractivity contribution in [3.63, 3.8) is 0 Å². The minimum atomic E-state index is -0.113. The van der Waals surface area contributed by atoms with Gasteiger partial charge in [-0.25, -0.2) is 0 Å². The third-order valence-corrected chi connectivity index (χ3v) is 4.26. The summed E-state index contributed by atoms with van der Waals surface area (Å²) in [5, 5.41) is 10.8. The van der Waals surface area contributed by atoms with E-state index in [1.54, 1.807) is 25.1 Å². The van der Waals surface area contributed by atoms with E-state index < -0.39 is 0 Å². The molecule has 132 valence electrons. The van der Waals surface area contributed by atoms with Gasteiger partial charge in [0.15, 0.2) is 0 Å². The number of amides is 1. The zero-order valence-electron chi connectivity index (χ0n) is 15.2. The highest BCUT2D eigenvalue weighted by atomic mass is 16.1. The summed E-state index contributed by atoms with van der Waals surface area (Å²) in [5.41, 5.74) is 9.23. The maximum Gasteiger partial charge on any atom is 0.232 e. The van der Waals surface area contributed by atoms with E-state index in [1.807, 2.05) is 44.2 Å². The fourth-order valence-corrected chi connectivity index (χ4v) is 2.91.